The van der Waals surface area contributed by atoms with Gasteiger partial charge in [-0.3, -0.25) is 9.59 Å². The average molecular weight is 264 g/mol. The van der Waals surface area contributed by atoms with Crippen molar-refractivity contribution in [2.24, 2.45) is 11.7 Å². The maximum Gasteiger partial charge on any atom is 0.221 e. The number of amides is 2. The van der Waals surface area contributed by atoms with Crippen LogP contribution in [0, 0.1) is 5.92 Å². The van der Waals surface area contributed by atoms with Crippen LogP contribution in [0.2, 0.25) is 0 Å². The van der Waals surface area contributed by atoms with E-state index >= 15 is 0 Å². The van der Waals surface area contributed by atoms with Crippen molar-refractivity contribution in [1.29, 1.82) is 0 Å². The summed E-state index contributed by atoms with van der Waals surface area (Å²) in [6.07, 6.45) is 3.95. The molecule has 0 saturated heterocycles. The predicted molar refractivity (Wildman–Crippen MR) is 68.9 cm³/mol. The van der Waals surface area contributed by atoms with Gasteiger partial charge in [-0.25, -0.2) is 0 Å². The van der Waals surface area contributed by atoms with Gasteiger partial charge in [0.05, 0.1) is 0 Å². The summed E-state index contributed by atoms with van der Waals surface area (Å²) in [4.78, 5) is 22.5. The second-order valence-corrected chi connectivity index (χ2v) is 4.38. The summed E-state index contributed by atoms with van der Waals surface area (Å²) < 4.78 is 0. The Morgan fingerprint density at radius 3 is 2.65 bits per heavy atom. The third-order valence-electron chi connectivity index (χ3n) is 3.04. The van der Waals surface area contributed by atoms with Gasteiger partial charge in [-0.05, 0) is 26.3 Å². The molecule has 0 aromatic carbocycles. The zero-order valence-electron chi connectivity index (χ0n) is 10.2. The summed E-state index contributed by atoms with van der Waals surface area (Å²) >= 11 is 0. The molecule has 1 fully saturated rings. The Kier molecular flexibility index (Phi) is 7.91. The summed E-state index contributed by atoms with van der Waals surface area (Å²) in [5.41, 5.74) is 5.28. The van der Waals surface area contributed by atoms with E-state index in [9.17, 15) is 9.59 Å². The zero-order chi connectivity index (χ0) is 12.0. The van der Waals surface area contributed by atoms with Gasteiger partial charge in [0.25, 0.3) is 0 Å². The Labute approximate surface area is 108 Å². The van der Waals surface area contributed by atoms with E-state index in [4.69, 9.17) is 5.73 Å². The molecule has 0 spiro atoms. The molecule has 0 heterocycles. The van der Waals surface area contributed by atoms with Crippen LogP contribution in [0.3, 0.4) is 0 Å². The highest BCUT2D eigenvalue weighted by Gasteiger charge is 2.26. The van der Waals surface area contributed by atoms with E-state index in [0.29, 0.717) is 19.4 Å². The fourth-order valence-corrected chi connectivity index (χ4v) is 2.12. The lowest BCUT2D eigenvalue weighted by Crippen LogP contribution is -2.41. The molecule has 1 rings (SSSR count). The highest BCUT2D eigenvalue weighted by molar-refractivity contribution is 5.85. The molecule has 0 aromatic heterocycles. The van der Waals surface area contributed by atoms with Crippen molar-refractivity contribution in [3.05, 3.63) is 0 Å². The lowest BCUT2D eigenvalue weighted by molar-refractivity contribution is -0.125. The molecule has 1 saturated carbocycles. The molecule has 0 aromatic rings. The predicted octanol–water partition coefficient (Wildman–Crippen LogP) is 0.178. The molecule has 1 aliphatic carbocycles. The fourth-order valence-electron chi connectivity index (χ4n) is 2.12. The SMILES string of the molecule is CNCCC(=O)NC1CCCC(C(N)=O)C1.Cl. The number of hydrogen-bond acceptors (Lipinski definition) is 3. The lowest BCUT2D eigenvalue weighted by Gasteiger charge is -2.27. The van der Waals surface area contributed by atoms with Crippen LogP contribution < -0.4 is 16.4 Å². The van der Waals surface area contributed by atoms with Gasteiger partial charge in [0.2, 0.25) is 11.8 Å². The van der Waals surface area contributed by atoms with Crippen LogP contribution in [0.25, 0.3) is 0 Å². The molecular formula is C11H22ClN3O2. The van der Waals surface area contributed by atoms with E-state index in [1.807, 2.05) is 7.05 Å². The lowest BCUT2D eigenvalue weighted by atomic mass is 9.85. The molecule has 100 valence electrons. The first-order valence-electron chi connectivity index (χ1n) is 5.86. The van der Waals surface area contributed by atoms with Crippen molar-refractivity contribution in [3.63, 3.8) is 0 Å². The van der Waals surface area contributed by atoms with Crippen LogP contribution in [0.1, 0.15) is 32.1 Å². The monoisotopic (exact) mass is 263 g/mol. The van der Waals surface area contributed by atoms with Crippen molar-refractivity contribution >= 4 is 24.2 Å². The van der Waals surface area contributed by atoms with E-state index in [1.165, 1.54) is 0 Å². The van der Waals surface area contributed by atoms with Crippen LogP contribution in [0.15, 0.2) is 0 Å². The first kappa shape index (κ1) is 16.2. The van der Waals surface area contributed by atoms with Gasteiger partial charge in [0, 0.05) is 24.9 Å². The van der Waals surface area contributed by atoms with Crippen molar-refractivity contribution in [1.82, 2.24) is 10.6 Å². The number of hydrogen-bond donors (Lipinski definition) is 3. The first-order chi connectivity index (χ1) is 7.63. The van der Waals surface area contributed by atoms with Gasteiger partial charge < -0.3 is 16.4 Å². The Bertz CT molecular complexity index is 261. The van der Waals surface area contributed by atoms with Crippen LogP contribution in [0.5, 0.6) is 0 Å². The molecular weight excluding hydrogens is 242 g/mol. The van der Waals surface area contributed by atoms with E-state index in [0.717, 1.165) is 19.3 Å². The average Bonchev–Trinajstić information content (AvgIpc) is 2.26. The standard InChI is InChI=1S/C11H21N3O2.ClH/c1-13-6-5-10(15)14-9-4-2-3-8(7-9)11(12)16;/h8-9,13H,2-7H2,1H3,(H2,12,16)(H,14,15);1H. The van der Waals surface area contributed by atoms with Gasteiger partial charge in [-0.2, -0.15) is 0 Å². The Morgan fingerprint density at radius 2 is 2.06 bits per heavy atom. The van der Waals surface area contributed by atoms with Crippen LogP contribution in [-0.2, 0) is 9.59 Å². The third kappa shape index (κ3) is 5.89. The largest absolute Gasteiger partial charge is 0.369 e. The maximum atomic E-state index is 11.5. The van der Waals surface area contributed by atoms with Gasteiger partial charge >= 0.3 is 0 Å². The van der Waals surface area contributed by atoms with E-state index < -0.39 is 0 Å². The molecule has 4 N–H and O–H groups in total. The fraction of sp³-hybridized carbons (Fsp3) is 0.818. The highest BCUT2D eigenvalue weighted by atomic mass is 35.5. The minimum Gasteiger partial charge on any atom is -0.369 e. The van der Waals surface area contributed by atoms with Crippen LogP contribution in [-0.4, -0.2) is 31.4 Å². The first-order valence-corrected chi connectivity index (χ1v) is 5.86. The summed E-state index contributed by atoms with van der Waals surface area (Å²) in [7, 11) is 1.82. The molecule has 5 nitrogen and oxygen atoms in total. The minimum absolute atomic E-state index is 0. The van der Waals surface area contributed by atoms with Crippen molar-refractivity contribution in [2.75, 3.05) is 13.6 Å². The summed E-state index contributed by atoms with van der Waals surface area (Å²) in [6, 6.07) is 0.121. The summed E-state index contributed by atoms with van der Waals surface area (Å²) in [5.74, 6) is -0.262. The van der Waals surface area contributed by atoms with Gasteiger partial charge in [0.1, 0.15) is 0 Å². The molecule has 2 atom stereocenters. The topological polar surface area (TPSA) is 84.2 Å². The van der Waals surface area contributed by atoms with Crippen LogP contribution in [0.4, 0.5) is 0 Å². The quantitative estimate of drug-likeness (QED) is 0.662. The molecule has 1 aliphatic rings. The highest BCUT2D eigenvalue weighted by Crippen LogP contribution is 2.23. The Balaban J connectivity index is 0.00000256. The minimum atomic E-state index is -0.242. The smallest absolute Gasteiger partial charge is 0.221 e. The second-order valence-electron chi connectivity index (χ2n) is 4.38. The number of halogens is 1. The molecule has 17 heavy (non-hydrogen) atoms. The number of rotatable bonds is 5. The molecule has 2 amide bonds. The molecule has 0 radical (unpaired) electrons. The zero-order valence-corrected chi connectivity index (χ0v) is 11.0. The van der Waals surface area contributed by atoms with Crippen molar-refractivity contribution in [2.45, 2.75) is 38.1 Å². The van der Waals surface area contributed by atoms with E-state index in [2.05, 4.69) is 10.6 Å². The third-order valence-corrected chi connectivity index (χ3v) is 3.04. The van der Waals surface area contributed by atoms with Gasteiger partial charge in [-0.1, -0.05) is 6.42 Å². The number of nitrogens with one attached hydrogen (secondary N) is 2. The Morgan fingerprint density at radius 1 is 1.35 bits per heavy atom. The molecule has 6 heteroatoms. The number of primary amides is 1. The molecule has 0 aliphatic heterocycles. The molecule has 0 bridgehead atoms. The normalized spacial score (nSPS) is 23.6. The number of carbonyl (C=O) groups is 2. The molecule has 2 unspecified atom stereocenters. The van der Waals surface area contributed by atoms with Crippen molar-refractivity contribution < 1.29 is 9.59 Å². The maximum absolute atomic E-state index is 11.5. The van der Waals surface area contributed by atoms with Crippen LogP contribution >= 0.6 is 12.4 Å². The number of carbonyl (C=O) groups excluding carboxylic acids is 2. The Hall–Kier alpha value is -0.810. The second kappa shape index (κ2) is 8.31. The van der Waals surface area contributed by atoms with Crippen molar-refractivity contribution in [3.8, 4) is 0 Å². The summed E-state index contributed by atoms with van der Waals surface area (Å²) in [5, 5.41) is 5.88. The van der Waals surface area contributed by atoms with E-state index in [1.54, 1.807) is 0 Å². The van der Waals surface area contributed by atoms with E-state index in [-0.39, 0.29) is 36.2 Å². The van der Waals surface area contributed by atoms with Gasteiger partial charge in [-0.15, -0.1) is 12.4 Å². The van der Waals surface area contributed by atoms with Gasteiger partial charge in [0.15, 0.2) is 0 Å². The summed E-state index contributed by atoms with van der Waals surface area (Å²) in [6.45, 7) is 0.678. The number of nitrogens with two attached hydrogens (primary N) is 1.